The lowest BCUT2D eigenvalue weighted by molar-refractivity contribution is -0.889. The Kier molecular flexibility index (Phi) is 40.1. The van der Waals surface area contributed by atoms with Crippen LogP contribution in [0.25, 0.3) is 0 Å². The van der Waals surface area contributed by atoms with Crippen LogP contribution in [0.5, 0.6) is 0 Å². The number of aliphatic carboxylic acids is 1. The molecule has 0 saturated carbocycles. The molecule has 2 atom stereocenters. The molecule has 342 valence electrons. The van der Waals surface area contributed by atoms with Gasteiger partial charge in [-0.2, -0.15) is 0 Å². The smallest absolute Gasteiger partial charge is 0.306 e. The highest BCUT2D eigenvalue weighted by atomic mass is 16.6. The zero-order chi connectivity index (χ0) is 43.5. The lowest BCUT2D eigenvalue weighted by Gasteiger charge is -2.34. The zero-order valence-corrected chi connectivity index (χ0v) is 38.9. The van der Waals surface area contributed by atoms with Gasteiger partial charge >= 0.3 is 11.9 Å². The molecule has 0 aliphatic rings. The molecule has 0 rings (SSSR count). The van der Waals surface area contributed by atoms with E-state index in [0.29, 0.717) is 12.8 Å². The average molecular weight is 830 g/mol. The van der Waals surface area contributed by atoms with E-state index in [1.807, 2.05) is 0 Å². The molecule has 8 nitrogen and oxygen atoms in total. The normalized spacial score (nSPS) is 13.3. The molecule has 0 aromatic rings. The Morgan fingerprint density at radius 3 is 1.39 bits per heavy atom. The highest BCUT2D eigenvalue weighted by molar-refractivity contribution is 5.70. The summed E-state index contributed by atoms with van der Waals surface area (Å²) in [6.07, 6.45) is 50.1. The molecule has 0 saturated heterocycles. The maximum Gasteiger partial charge on any atom is 0.306 e. The second-order valence-corrected chi connectivity index (χ2v) is 17.3. The predicted octanol–water partition coefficient (Wildman–Crippen LogP) is 12.3. The molecule has 0 aromatic heterocycles. The topological polar surface area (TPSA) is 102 Å². The molecule has 2 unspecified atom stereocenters. The lowest BCUT2D eigenvalue weighted by atomic mass is 10.1. The van der Waals surface area contributed by atoms with Crippen molar-refractivity contribution in [3.05, 3.63) is 48.6 Å². The molecule has 59 heavy (non-hydrogen) atoms. The fourth-order valence-electron chi connectivity index (χ4n) is 6.96. The number of quaternary nitrogens is 1. The molecule has 0 radical (unpaired) electrons. The van der Waals surface area contributed by atoms with Crippen molar-refractivity contribution in [1.82, 2.24) is 0 Å². The van der Waals surface area contributed by atoms with Crippen molar-refractivity contribution in [2.24, 2.45) is 0 Å². The molecular formula is C51H91NO7. The van der Waals surface area contributed by atoms with Gasteiger partial charge in [0.15, 0.2) is 6.10 Å². The standard InChI is InChI=1S/C51H91NO7/c1-6-8-10-12-14-16-18-20-21-22-23-24-25-26-27-28-29-30-32-33-35-37-39-41-49(53)58-46-47(45-57-44-43-48(51(55)56)52(3,4)5)59-50(54)42-40-38-36-34-31-19-17-15-13-11-9-7-2/h9,11,15,17,23-24,26-27,47-48H,6-8,10,12-14,16,18-22,25,28-46H2,1-5H3/b11-9+,17-15+,24-23+,27-26+. The first-order chi connectivity index (χ1) is 28.6. The van der Waals surface area contributed by atoms with Crippen LogP contribution in [0.1, 0.15) is 206 Å². The number of carbonyl (C=O) groups is 3. The van der Waals surface area contributed by atoms with Gasteiger partial charge in [0.25, 0.3) is 0 Å². The maximum absolute atomic E-state index is 12.7. The third-order valence-electron chi connectivity index (χ3n) is 10.7. The largest absolute Gasteiger partial charge is 0.544 e. The van der Waals surface area contributed by atoms with Crippen LogP contribution < -0.4 is 5.11 Å². The van der Waals surface area contributed by atoms with Crippen molar-refractivity contribution in [2.45, 2.75) is 219 Å². The van der Waals surface area contributed by atoms with Gasteiger partial charge in [-0.3, -0.25) is 9.59 Å². The van der Waals surface area contributed by atoms with Crippen LogP contribution in [0.2, 0.25) is 0 Å². The zero-order valence-electron chi connectivity index (χ0n) is 38.9. The van der Waals surface area contributed by atoms with Crippen molar-refractivity contribution in [3.8, 4) is 0 Å². The highest BCUT2D eigenvalue weighted by Gasteiger charge is 2.25. The van der Waals surface area contributed by atoms with Crippen molar-refractivity contribution in [1.29, 1.82) is 0 Å². The fourth-order valence-corrected chi connectivity index (χ4v) is 6.96. The first kappa shape index (κ1) is 56.3. The Morgan fingerprint density at radius 1 is 0.525 bits per heavy atom. The Morgan fingerprint density at radius 2 is 0.949 bits per heavy atom. The van der Waals surface area contributed by atoms with Crippen LogP contribution in [0.3, 0.4) is 0 Å². The SMILES string of the molecule is CC/C=C/C/C=C/CCCCCCCC(=O)OC(COCCC(C(=O)[O-])[N+](C)(C)C)COC(=O)CCCCCCCCC/C=C/C/C=C/CCCCCCCCCCC. The van der Waals surface area contributed by atoms with Gasteiger partial charge < -0.3 is 28.6 Å². The summed E-state index contributed by atoms with van der Waals surface area (Å²) in [6, 6.07) is -0.730. The van der Waals surface area contributed by atoms with Gasteiger partial charge in [0.1, 0.15) is 12.6 Å². The molecule has 0 aromatic carbocycles. The van der Waals surface area contributed by atoms with E-state index in [-0.39, 0.29) is 42.7 Å². The molecule has 0 aliphatic carbocycles. The quantitative estimate of drug-likeness (QED) is 0.0261. The van der Waals surface area contributed by atoms with Crippen molar-refractivity contribution in [3.63, 3.8) is 0 Å². The van der Waals surface area contributed by atoms with E-state index in [1.165, 1.54) is 89.9 Å². The number of likely N-dealkylation sites (N-methyl/N-ethyl adjacent to an activating group) is 1. The summed E-state index contributed by atoms with van der Waals surface area (Å²) in [6.45, 7) is 4.53. The Labute approximate surface area is 363 Å². The summed E-state index contributed by atoms with van der Waals surface area (Å²) in [5.41, 5.74) is 0. The van der Waals surface area contributed by atoms with Gasteiger partial charge in [0.05, 0.1) is 40.3 Å². The number of rotatable bonds is 43. The number of nitrogens with zero attached hydrogens (tertiary/aromatic N) is 1. The minimum Gasteiger partial charge on any atom is -0.544 e. The van der Waals surface area contributed by atoms with Gasteiger partial charge in [-0.15, -0.1) is 0 Å². The fraction of sp³-hybridized carbons (Fsp3) is 0.784. The summed E-state index contributed by atoms with van der Waals surface area (Å²) in [7, 11) is 5.40. The average Bonchev–Trinajstić information content (AvgIpc) is 3.19. The van der Waals surface area contributed by atoms with Crippen molar-refractivity contribution < 1.29 is 38.2 Å². The molecule has 0 fully saturated rings. The van der Waals surface area contributed by atoms with Crippen LogP contribution in [-0.4, -0.2) is 75.5 Å². The maximum atomic E-state index is 12.7. The van der Waals surface area contributed by atoms with E-state index in [1.54, 1.807) is 21.1 Å². The Balaban J connectivity index is 4.22. The molecule has 0 amide bonds. The minimum absolute atomic E-state index is 0.0317. The highest BCUT2D eigenvalue weighted by Crippen LogP contribution is 2.14. The number of ether oxygens (including phenoxy) is 3. The van der Waals surface area contributed by atoms with Crippen LogP contribution in [0, 0.1) is 0 Å². The molecule has 8 heteroatoms. The first-order valence-corrected chi connectivity index (χ1v) is 24.2. The Hall–Kier alpha value is -2.71. The predicted molar refractivity (Wildman–Crippen MR) is 245 cm³/mol. The Bertz CT molecular complexity index is 1110. The number of carboxylic acids is 1. The van der Waals surface area contributed by atoms with E-state index in [4.69, 9.17) is 14.2 Å². The van der Waals surface area contributed by atoms with Crippen molar-refractivity contribution >= 4 is 17.9 Å². The monoisotopic (exact) mass is 830 g/mol. The molecule has 0 bridgehead atoms. The molecule has 0 spiro atoms. The second-order valence-electron chi connectivity index (χ2n) is 17.3. The molecule has 0 aliphatic heterocycles. The van der Waals surface area contributed by atoms with Gasteiger partial charge in [-0.25, -0.2) is 0 Å². The molecule has 0 N–H and O–H groups in total. The molecule has 0 heterocycles. The number of hydrogen-bond donors (Lipinski definition) is 0. The van der Waals surface area contributed by atoms with Gasteiger partial charge in [-0.05, 0) is 70.6 Å². The third-order valence-corrected chi connectivity index (χ3v) is 10.7. The summed E-state index contributed by atoms with van der Waals surface area (Å²) in [4.78, 5) is 36.9. The van der Waals surface area contributed by atoms with Gasteiger partial charge in [0.2, 0.25) is 0 Å². The second kappa shape index (κ2) is 42.0. The number of allylic oxidation sites excluding steroid dienone is 8. The van der Waals surface area contributed by atoms with Crippen LogP contribution in [0.4, 0.5) is 0 Å². The number of esters is 2. The van der Waals surface area contributed by atoms with E-state index in [9.17, 15) is 19.5 Å². The lowest BCUT2D eigenvalue weighted by Crippen LogP contribution is -2.55. The summed E-state index contributed by atoms with van der Waals surface area (Å²) in [5, 5.41) is 11.6. The van der Waals surface area contributed by atoms with Crippen LogP contribution in [-0.2, 0) is 28.6 Å². The van der Waals surface area contributed by atoms with Crippen molar-refractivity contribution in [2.75, 3.05) is 41.0 Å². The van der Waals surface area contributed by atoms with Gasteiger partial charge in [0, 0.05) is 19.3 Å². The number of unbranched alkanes of at least 4 members (excludes halogenated alkanes) is 21. The number of hydrogen-bond acceptors (Lipinski definition) is 7. The summed E-state index contributed by atoms with van der Waals surface area (Å²) in [5.74, 6) is -1.76. The number of carboxylic acid groups (broad SMARTS) is 1. The third kappa shape index (κ3) is 40.5. The van der Waals surface area contributed by atoms with Crippen LogP contribution in [0.15, 0.2) is 48.6 Å². The van der Waals surface area contributed by atoms with E-state index in [2.05, 4.69) is 62.5 Å². The summed E-state index contributed by atoms with van der Waals surface area (Å²) >= 11 is 0. The first-order valence-electron chi connectivity index (χ1n) is 24.2. The minimum atomic E-state index is -1.13. The van der Waals surface area contributed by atoms with Crippen LogP contribution >= 0.6 is 0 Å². The molecular weight excluding hydrogens is 739 g/mol. The van der Waals surface area contributed by atoms with E-state index >= 15 is 0 Å². The summed E-state index contributed by atoms with van der Waals surface area (Å²) < 4.78 is 17.2. The van der Waals surface area contributed by atoms with E-state index < -0.39 is 18.1 Å². The van der Waals surface area contributed by atoms with E-state index in [0.717, 1.165) is 83.5 Å². The van der Waals surface area contributed by atoms with Gasteiger partial charge in [-0.1, -0.05) is 165 Å². The number of carbonyl (C=O) groups excluding carboxylic acids is 3.